The summed E-state index contributed by atoms with van der Waals surface area (Å²) in [4.78, 5) is 19.1. The topological polar surface area (TPSA) is 91.8 Å². The first-order valence-electron chi connectivity index (χ1n) is 8.51. The Labute approximate surface area is 158 Å². The second-order valence-corrected chi connectivity index (χ2v) is 7.95. The molecule has 0 spiro atoms. The zero-order valence-corrected chi connectivity index (χ0v) is 16.1. The van der Waals surface area contributed by atoms with Crippen LogP contribution in [0.1, 0.15) is 5.56 Å². The first-order valence-corrected chi connectivity index (χ1v) is 9.99. The third-order valence-corrected chi connectivity index (χ3v) is 5.84. The lowest BCUT2D eigenvalue weighted by Crippen LogP contribution is -2.46. The minimum absolute atomic E-state index is 0.162. The summed E-state index contributed by atoms with van der Waals surface area (Å²) < 4.78 is 32.9. The molecule has 0 bridgehead atoms. The number of hydrogen-bond acceptors (Lipinski definition) is 6. The van der Waals surface area contributed by atoms with E-state index in [9.17, 15) is 13.2 Å². The molecule has 1 amide bonds. The summed E-state index contributed by atoms with van der Waals surface area (Å²) in [6, 6.07) is 8.15. The standard InChI is InChI=1S/C18H22N4O4S/c1-14-11-16(4-5-17(14)26-2)27(24,25)20-15-3-6-18(19-12-15)22-9-7-21(13-23)8-10-22/h3-6,11-13,20H,7-10H2,1-2H3. The van der Waals surface area contributed by atoms with Gasteiger partial charge in [-0.25, -0.2) is 13.4 Å². The molecular weight excluding hydrogens is 368 g/mol. The Morgan fingerprint density at radius 2 is 1.89 bits per heavy atom. The maximum atomic E-state index is 12.6. The minimum atomic E-state index is -3.71. The van der Waals surface area contributed by atoms with Crippen LogP contribution < -0.4 is 14.4 Å². The van der Waals surface area contributed by atoms with E-state index in [0.29, 0.717) is 37.6 Å². The summed E-state index contributed by atoms with van der Waals surface area (Å²) in [6.07, 6.45) is 2.35. The van der Waals surface area contributed by atoms with Gasteiger partial charge in [-0.3, -0.25) is 9.52 Å². The van der Waals surface area contributed by atoms with Gasteiger partial charge in [0.2, 0.25) is 6.41 Å². The number of hydrogen-bond donors (Lipinski definition) is 1. The molecule has 3 rings (SSSR count). The highest BCUT2D eigenvalue weighted by molar-refractivity contribution is 7.92. The molecule has 0 radical (unpaired) electrons. The van der Waals surface area contributed by atoms with Crippen molar-refractivity contribution in [2.75, 3.05) is 42.9 Å². The zero-order valence-electron chi connectivity index (χ0n) is 15.3. The number of pyridine rings is 1. The van der Waals surface area contributed by atoms with Crippen LogP contribution in [0.3, 0.4) is 0 Å². The van der Waals surface area contributed by atoms with E-state index < -0.39 is 10.0 Å². The second-order valence-electron chi connectivity index (χ2n) is 6.27. The predicted molar refractivity (Wildman–Crippen MR) is 103 cm³/mol. The monoisotopic (exact) mass is 390 g/mol. The lowest BCUT2D eigenvalue weighted by molar-refractivity contribution is -0.118. The molecule has 1 aliphatic rings. The first-order chi connectivity index (χ1) is 12.9. The molecule has 27 heavy (non-hydrogen) atoms. The van der Waals surface area contributed by atoms with E-state index >= 15 is 0 Å². The fourth-order valence-electron chi connectivity index (χ4n) is 2.92. The SMILES string of the molecule is COc1ccc(S(=O)(=O)Nc2ccc(N3CCN(C=O)CC3)nc2)cc1C. The molecule has 9 heteroatoms. The average molecular weight is 390 g/mol. The van der Waals surface area contributed by atoms with Crippen molar-refractivity contribution in [1.82, 2.24) is 9.88 Å². The van der Waals surface area contributed by atoms with E-state index in [0.717, 1.165) is 17.8 Å². The molecular formula is C18H22N4O4S. The first kappa shape index (κ1) is 19.0. The highest BCUT2D eigenvalue weighted by Gasteiger charge is 2.18. The van der Waals surface area contributed by atoms with Crippen molar-refractivity contribution in [3.63, 3.8) is 0 Å². The summed E-state index contributed by atoms with van der Waals surface area (Å²) in [7, 11) is -2.17. The molecule has 0 saturated carbocycles. The van der Waals surface area contributed by atoms with E-state index in [4.69, 9.17) is 4.74 Å². The van der Waals surface area contributed by atoms with E-state index in [1.807, 2.05) is 0 Å². The van der Waals surface area contributed by atoms with Crippen LogP contribution in [0.2, 0.25) is 0 Å². The molecule has 1 saturated heterocycles. The molecule has 2 aromatic rings. The highest BCUT2D eigenvalue weighted by atomic mass is 32.2. The number of rotatable bonds is 6. The van der Waals surface area contributed by atoms with Gasteiger partial charge in [-0.2, -0.15) is 0 Å². The van der Waals surface area contributed by atoms with Gasteiger partial charge in [0.1, 0.15) is 11.6 Å². The number of aromatic nitrogens is 1. The van der Waals surface area contributed by atoms with Crippen molar-refractivity contribution in [1.29, 1.82) is 0 Å². The van der Waals surface area contributed by atoms with Crippen LogP contribution in [0.25, 0.3) is 0 Å². The smallest absolute Gasteiger partial charge is 0.261 e. The molecule has 0 aliphatic carbocycles. The number of carbonyl (C=O) groups is 1. The van der Waals surface area contributed by atoms with Gasteiger partial charge in [0.05, 0.1) is 23.9 Å². The summed E-state index contributed by atoms with van der Waals surface area (Å²) >= 11 is 0. The zero-order chi connectivity index (χ0) is 19.4. The summed E-state index contributed by atoms with van der Waals surface area (Å²) in [5.74, 6) is 1.39. The van der Waals surface area contributed by atoms with Gasteiger partial charge in [0, 0.05) is 26.2 Å². The Bertz CT molecular complexity index is 907. The van der Waals surface area contributed by atoms with Gasteiger partial charge in [-0.05, 0) is 42.8 Å². The molecule has 1 aliphatic heterocycles. The van der Waals surface area contributed by atoms with Crippen molar-refractivity contribution < 1.29 is 17.9 Å². The van der Waals surface area contributed by atoms with E-state index in [1.54, 1.807) is 43.2 Å². The number of nitrogens with one attached hydrogen (secondary N) is 1. The molecule has 8 nitrogen and oxygen atoms in total. The van der Waals surface area contributed by atoms with Gasteiger partial charge in [0.15, 0.2) is 0 Å². The molecule has 2 heterocycles. The Morgan fingerprint density at radius 1 is 1.15 bits per heavy atom. The minimum Gasteiger partial charge on any atom is -0.496 e. The Balaban J connectivity index is 1.70. The fourth-order valence-corrected chi connectivity index (χ4v) is 4.05. The second kappa shape index (κ2) is 7.83. The Hall–Kier alpha value is -2.81. The van der Waals surface area contributed by atoms with Crippen LogP contribution in [0, 0.1) is 6.92 Å². The van der Waals surface area contributed by atoms with Crippen molar-refractivity contribution in [2.45, 2.75) is 11.8 Å². The van der Waals surface area contributed by atoms with Crippen LogP contribution in [-0.2, 0) is 14.8 Å². The van der Waals surface area contributed by atoms with Crippen LogP contribution in [0.15, 0.2) is 41.4 Å². The number of aryl methyl sites for hydroxylation is 1. The number of anilines is 2. The number of amides is 1. The van der Waals surface area contributed by atoms with Gasteiger partial charge < -0.3 is 14.5 Å². The van der Waals surface area contributed by atoms with Crippen LogP contribution in [0.5, 0.6) is 5.75 Å². The lowest BCUT2D eigenvalue weighted by Gasteiger charge is -2.33. The number of carbonyl (C=O) groups excluding carboxylic acids is 1. The van der Waals surface area contributed by atoms with Crippen LogP contribution in [-0.4, -0.2) is 58.0 Å². The highest BCUT2D eigenvalue weighted by Crippen LogP contribution is 2.23. The number of ether oxygens (including phenoxy) is 1. The van der Waals surface area contributed by atoms with Crippen molar-refractivity contribution in [3.05, 3.63) is 42.1 Å². The van der Waals surface area contributed by atoms with Crippen LogP contribution in [0.4, 0.5) is 11.5 Å². The van der Waals surface area contributed by atoms with Crippen molar-refractivity contribution >= 4 is 27.9 Å². The molecule has 1 N–H and O–H groups in total. The molecule has 1 aromatic heterocycles. The van der Waals surface area contributed by atoms with Gasteiger partial charge in [-0.15, -0.1) is 0 Å². The summed E-state index contributed by atoms with van der Waals surface area (Å²) in [5.41, 5.74) is 1.13. The largest absolute Gasteiger partial charge is 0.496 e. The van der Waals surface area contributed by atoms with Gasteiger partial charge >= 0.3 is 0 Å². The van der Waals surface area contributed by atoms with Crippen molar-refractivity contribution in [2.24, 2.45) is 0 Å². The number of piperazine rings is 1. The normalized spacial score (nSPS) is 14.7. The molecule has 144 valence electrons. The third-order valence-electron chi connectivity index (χ3n) is 4.46. The van der Waals surface area contributed by atoms with E-state index in [1.165, 1.54) is 12.3 Å². The number of methoxy groups -OCH3 is 1. The molecule has 1 aromatic carbocycles. The maximum absolute atomic E-state index is 12.6. The summed E-state index contributed by atoms with van der Waals surface area (Å²) in [5, 5.41) is 0. The lowest BCUT2D eigenvalue weighted by atomic mass is 10.2. The quantitative estimate of drug-likeness (QED) is 0.751. The molecule has 1 fully saturated rings. The Kier molecular flexibility index (Phi) is 5.50. The Morgan fingerprint density at radius 3 is 2.44 bits per heavy atom. The number of nitrogens with zero attached hydrogens (tertiary/aromatic N) is 3. The maximum Gasteiger partial charge on any atom is 0.261 e. The van der Waals surface area contributed by atoms with Gasteiger partial charge in [-0.1, -0.05) is 0 Å². The van der Waals surface area contributed by atoms with Crippen LogP contribution >= 0.6 is 0 Å². The third kappa shape index (κ3) is 4.30. The van der Waals surface area contributed by atoms with Gasteiger partial charge in [0.25, 0.3) is 10.0 Å². The number of sulfonamides is 1. The van der Waals surface area contributed by atoms with E-state index in [-0.39, 0.29) is 4.90 Å². The molecule has 0 unspecified atom stereocenters. The van der Waals surface area contributed by atoms with Crippen molar-refractivity contribution in [3.8, 4) is 5.75 Å². The predicted octanol–water partition coefficient (Wildman–Crippen LogP) is 1.48. The van der Waals surface area contributed by atoms with E-state index in [2.05, 4.69) is 14.6 Å². The fraction of sp³-hybridized carbons (Fsp3) is 0.333. The molecule has 0 atom stereocenters. The number of benzene rings is 1. The average Bonchev–Trinajstić information content (AvgIpc) is 2.68. The summed E-state index contributed by atoms with van der Waals surface area (Å²) in [6.45, 7) is 4.48.